The van der Waals surface area contributed by atoms with E-state index < -0.39 is 10.1 Å². The lowest BCUT2D eigenvalue weighted by molar-refractivity contribution is -0.993. The van der Waals surface area contributed by atoms with Gasteiger partial charge in [0, 0.05) is 17.8 Å². The molecule has 0 saturated carbocycles. The molecule has 0 aliphatic rings. The normalized spacial score (nSPS) is 12.4. The van der Waals surface area contributed by atoms with Gasteiger partial charge in [-0.25, -0.2) is 4.84 Å². The van der Waals surface area contributed by atoms with Gasteiger partial charge in [-0.15, -0.1) is 0 Å². The molecule has 1 aromatic rings. The molecular formula is C7H9N3O4. The summed E-state index contributed by atoms with van der Waals surface area (Å²) in [7, 11) is 1.15. The molecule has 0 spiro atoms. The molecule has 7 heteroatoms. The molecule has 0 aromatic heterocycles. The van der Waals surface area contributed by atoms with Gasteiger partial charge in [-0.2, -0.15) is 5.23 Å². The van der Waals surface area contributed by atoms with Crippen molar-refractivity contribution >= 4 is 17.1 Å². The maximum absolute atomic E-state index is 11.1. The fraction of sp³-hybridized carbons (Fsp3) is 0.143. The minimum absolute atomic E-state index is 0.141. The van der Waals surface area contributed by atoms with E-state index in [0.717, 1.165) is 7.11 Å². The van der Waals surface area contributed by atoms with Gasteiger partial charge in [0.25, 0.3) is 0 Å². The molecule has 0 aliphatic heterocycles. The second kappa shape index (κ2) is 4.01. The van der Waals surface area contributed by atoms with Crippen LogP contribution < -0.4 is 11.0 Å². The van der Waals surface area contributed by atoms with Crippen LogP contribution in [0.15, 0.2) is 18.2 Å². The number of nitrogens with zero attached hydrogens (tertiary/aromatic N) is 1. The minimum atomic E-state index is -0.774. The molecule has 0 aliphatic carbocycles. The molecule has 0 heterocycles. The molecule has 76 valence electrons. The van der Waals surface area contributed by atoms with Crippen LogP contribution in [-0.2, 0) is 4.84 Å². The molecule has 0 fully saturated rings. The Bertz CT molecular complexity index is 355. The van der Waals surface area contributed by atoms with Crippen LogP contribution >= 0.6 is 0 Å². The first-order valence-electron chi connectivity index (χ1n) is 3.68. The minimum Gasteiger partial charge on any atom is -0.594 e. The molecule has 0 bridgehead atoms. The molecule has 1 unspecified atom stereocenters. The van der Waals surface area contributed by atoms with E-state index in [1.807, 2.05) is 0 Å². The van der Waals surface area contributed by atoms with E-state index in [4.69, 9.17) is 5.73 Å². The first-order chi connectivity index (χ1) is 6.56. The van der Waals surface area contributed by atoms with Crippen molar-refractivity contribution in [3.05, 3.63) is 33.5 Å². The number of hydrogen-bond donors (Lipinski definition) is 2. The predicted molar refractivity (Wildman–Crippen MR) is 48.5 cm³/mol. The van der Waals surface area contributed by atoms with Crippen molar-refractivity contribution in [2.24, 2.45) is 0 Å². The zero-order valence-corrected chi connectivity index (χ0v) is 7.39. The summed E-state index contributed by atoms with van der Waals surface area (Å²) in [5, 5.41) is 20.8. The van der Waals surface area contributed by atoms with Crippen LogP contribution in [-0.4, -0.2) is 12.0 Å². The van der Waals surface area contributed by atoms with Crippen molar-refractivity contribution in [1.82, 2.24) is 0 Å². The zero-order chi connectivity index (χ0) is 10.7. The van der Waals surface area contributed by atoms with Gasteiger partial charge in [0.2, 0.25) is 5.69 Å². The first-order valence-corrected chi connectivity index (χ1v) is 3.68. The van der Waals surface area contributed by atoms with Gasteiger partial charge in [0.1, 0.15) is 0 Å². The molecule has 1 atom stereocenters. The lowest BCUT2D eigenvalue weighted by Gasteiger charge is -2.16. The van der Waals surface area contributed by atoms with Gasteiger partial charge in [-0.3, -0.25) is 10.1 Å². The molecule has 14 heavy (non-hydrogen) atoms. The zero-order valence-electron chi connectivity index (χ0n) is 7.39. The maximum Gasteiger partial charge on any atom is 0.332 e. The van der Waals surface area contributed by atoms with Crippen LogP contribution in [0.2, 0.25) is 0 Å². The number of nitro groups is 1. The van der Waals surface area contributed by atoms with Crippen LogP contribution in [0.1, 0.15) is 0 Å². The summed E-state index contributed by atoms with van der Waals surface area (Å²) in [5.74, 6) is 0. The highest BCUT2D eigenvalue weighted by molar-refractivity contribution is 5.59. The molecule has 7 nitrogen and oxygen atoms in total. The Morgan fingerprint density at radius 2 is 2.21 bits per heavy atom. The fourth-order valence-electron chi connectivity index (χ4n) is 0.986. The topological polar surface area (TPSA) is 106 Å². The van der Waals surface area contributed by atoms with Crippen molar-refractivity contribution in [3.63, 3.8) is 0 Å². The Labute approximate surface area is 79.4 Å². The van der Waals surface area contributed by atoms with Crippen molar-refractivity contribution < 1.29 is 15.0 Å². The third kappa shape index (κ3) is 1.96. The van der Waals surface area contributed by atoms with Gasteiger partial charge < -0.3 is 10.9 Å². The Kier molecular flexibility index (Phi) is 2.97. The highest BCUT2D eigenvalue weighted by atomic mass is 16.9. The van der Waals surface area contributed by atoms with E-state index >= 15 is 0 Å². The smallest absolute Gasteiger partial charge is 0.332 e. The Hall–Kier alpha value is -1.70. The van der Waals surface area contributed by atoms with Crippen LogP contribution in [0.3, 0.4) is 0 Å². The summed E-state index contributed by atoms with van der Waals surface area (Å²) in [6, 6.07) is 3.73. The molecule has 0 amide bonds. The summed E-state index contributed by atoms with van der Waals surface area (Å²) in [6.45, 7) is 0. The largest absolute Gasteiger partial charge is 0.594 e. The van der Waals surface area contributed by atoms with E-state index in [0.29, 0.717) is 0 Å². The van der Waals surface area contributed by atoms with Gasteiger partial charge in [-0.1, -0.05) is 0 Å². The molecule has 0 saturated heterocycles. The van der Waals surface area contributed by atoms with Gasteiger partial charge >= 0.3 is 5.69 Å². The van der Waals surface area contributed by atoms with Crippen LogP contribution in [0.4, 0.5) is 17.1 Å². The van der Waals surface area contributed by atoms with E-state index in [1.165, 1.54) is 18.2 Å². The second-order valence-electron chi connectivity index (χ2n) is 2.53. The van der Waals surface area contributed by atoms with E-state index in [1.54, 1.807) is 0 Å². The lowest BCUT2D eigenvalue weighted by Crippen LogP contribution is -3.00. The van der Waals surface area contributed by atoms with E-state index in [-0.39, 0.29) is 17.1 Å². The number of benzene rings is 1. The van der Waals surface area contributed by atoms with Crippen LogP contribution in [0.25, 0.3) is 0 Å². The monoisotopic (exact) mass is 199 g/mol. The van der Waals surface area contributed by atoms with Crippen LogP contribution in [0, 0.1) is 15.3 Å². The number of quaternary nitrogens is 1. The van der Waals surface area contributed by atoms with Gasteiger partial charge in [0.15, 0.2) is 0 Å². The number of nitrogens with one attached hydrogen (secondary N) is 1. The summed E-state index contributed by atoms with van der Waals surface area (Å²) in [4.78, 5) is 14.2. The number of nitro benzene ring substituents is 1. The Morgan fingerprint density at radius 3 is 2.71 bits per heavy atom. The average molecular weight is 199 g/mol. The number of nitrogen functional groups attached to an aromatic ring is 1. The summed E-state index contributed by atoms with van der Waals surface area (Å²) in [5.41, 5.74) is 5.21. The fourth-order valence-corrected chi connectivity index (χ4v) is 0.986. The highest BCUT2D eigenvalue weighted by Crippen LogP contribution is 2.22. The lowest BCUT2D eigenvalue weighted by atomic mass is 10.2. The molecular weight excluding hydrogens is 190 g/mol. The first kappa shape index (κ1) is 10.4. The second-order valence-corrected chi connectivity index (χ2v) is 2.53. The van der Waals surface area contributed by atoms with E-state index in [2.05, 4.69) is 4.84 Å². The Morgan fingerprint density at radius 1 is 1.57 bits per heavy atom. The maximum atomic E-state index is 11.1. The van der Waals surface area contributed by atoms with Gasteiger partial charge in [-0.05, 0) is 6.07 Å². The average Bonchev–Trinajstić information content (AvgIpc) is 2.16. The summed E-state index contributed by atoms with van der Waals surface area (Å²) >= 11 is 0. The number of hydrogen-bond acceptors (Lipinski definition) is 5. The third-order valence-corrected chi connectivity index (χ3v) is 1.62. The van der Waals surface area contributed by atoms with Crippen molar-refractivity contribution in [2.45, 2.75) is 0 Å². The standard InChI is InChI=1S/C7H9N3O4/c1-14-10(13)7-4-5(8)2-3-6(7)9(11)12/h2-4,10H,8H2,1H3. The number of anilines is 1. The molecule has 3 N–H and O–H groups in total. The molecule has 0 radical (unpaired) electrons. The Balaban J connectivity index is 3.22. The number of rotatable bonds is 3. The highest BCUT2D eigenvalue weighted by Gasteiger charge is 2.20. The molecule has 1 rings (SSSR count). The number of nitrogens with two attached hydrogens (primary N) is 1. The van der Waals surface area contributed by atoms with E-state index in [9.17, 15) is 15.3 Å². The predicted octanol–water partition coefficient (Wildman–Crippen LogP) is -0.247. The summed E-state index contributed by atoms with van der Waals surface area (Å²) in [6.07, 6.45) is 0. The SMILES string of the molecule is CO[NH+]([O-])c1cc(N)ccc1[N+](=O)[O-]. The molecule has 1 aromatic carbocycles. The van der Waals surface area contributed by atoms with Crippen molar-refractivity contribution in [1.29, 1.82) is 0 Å². The van der Waals surface area contributed by atoms with Crippen molar-refractivity contribution in [2.75, 3.05) is 12.8 Å². The van der Waals surface area contributed by atoms with Gasteiger partial charge in [0.05, 0.1) is 12.0 Å². The third-order valence-electron chi connectivity index (χ3n) is 1.62. The summed E-state index contributed by atoms with van der Waals surface area (Å²) < 4.78 is 0. The van der Waals surface area contributed by atoms with Crippen LogP contribution in [0.5, 0.6) is 0 Å². The van der Waals surface area contributed by atoms with Crippen molar-refractivity contribution in [3.8, 4) is 0 Å². The quantitative estimate of drug-likeness (QED) is 0.396.